The Labute approximate surface area is 170 Å². The van der Waals surface area contributed by atoms with Gasteiger partial charge in [0.1, 0.15) is 6.33 Å². The van der Waals surface area contributed by atoms with Crippen LogP contribution in [0.4, 0.5) is 0 Å². The van der Waals surface area contributed by atoms with E-state index in [1.807, 2.05) is 48.5 Å². The third-order valence-electron chi connectivity index (χ3n) is 4.32. The van der Waals surface area contributed by atoms with E-state index in [-0.39, 0.29) is 6.61 Å². The summed E-state index contributed by atoms with van der Waals surface area (Å²) in [6.07, 6.45) is 4.91. The van der Waals surface area contributed by atoms with E-state index in [1.54, 1.807) is 34.0 Å². The van der Waals surface area contributed by atoms with E-state index in [1.165, 1.54) is 0 Å². The van der Waals surface area contributed by atoms with Gasteiger partial charge in [-0.25, -0.2) is 19.2 Å². The molecule has 0 atom stereocenters. The van der Waals surface area contributed by atoms with Crippen molar-refractivity contribution in [2.75, 3.05) is 0 Å². The molecule has 9 heteroatoms. The summed E-state index contributed by atoms with van der Waals surface area (Å²) in [6.45, 7) is 0.122. The van der Waals surface area contributed by atoms with Gasteiger partial charge < -0.3 is 4.84 Å². The number of rotatable bonds is 5. The third kappa shape index (κ3) is 3.30. The quantitative estimate of drug-likeness (QED) is 0.330. The van der Waals surface area contributed by atoms with Crippen LogP contribution >= 0.6 is 11.6 Å². The van der Waals surface area contributed by atoms with Gasteiger partial charge in [-0.15, -0.1) is 5.10 Å². The van der Waals surface area contributed by atoms with Gasteiger partial charge in [0.05, 0.1) is 23.5 Å². The van der Waals surface area contributed by atoms with Crippen molar-refractivity contribution in [1.82, 2.24) is 29.4 Å². The number of nitrogens with zero attached hydrogens (tertiary/aromatic N) is 7. The zero-order chi connectivity index (χ0) is 19.6. The number of benzene rings is 2. The number of oxime groups is 1. The molecule has 142 valence electrons. The summed E-state index contributed by atoms with van der Waals surface area (Å²) >= 11 is 6.09. The Bertz CT molecular complexity index is 1330. The van der Waals surface area contributed by atoms with Crippen molar-refractivity contribution < 1.29 is 4.84 Å². The maximum Gasteiger partial charge on any atom is 0.192 e. The fourth-order valence-electron chi connectivity index (χ4n) is 2.95. The molecule has 0 saturated heterocycles. The highest BCUT2D eigenvalue weighted by Crippen LogP contribution is 2.19. The van der Waals surface area contributed by atoms with E-state index in [9.17, 15) is 0 Å². The minimum Gasteiger partial charge on any atom is -0.387 e. The first-order valence-electron chi connectivity index (χ1n) is 8.83. The predicted octanol–water partition coefficient (Wildman–Crippen LogP) is 3.67. The number of halogens is 1. The smallest absolute Gasteiger partial charge is 0.192 e. The molecule has 5 aromatic rings. The Morgan fingerprint density at radius 3 is 2.72 bits per heavy atom. The van der Waals surface area contributed by atoms with Gasteiger partial charge in [-0.1, -0.05) is 53.2 Å². The van der Waals surface area contributed by atoms with Gasteiger partial charge in [-0.3, -0.25) is 0 Å². The van der Waals surface area contributed by atoms with Crippen molar-refractivity contribution in [2.24, 2.45) is 5.16 Å². The number of aromatic nitrogens is 6. The Balaban J connectivity index is 1.40. The Morgan fingerprint density at radius 1 is 1.03 bits per heavy atom. The summed E-state index contributed by atoms with van der Waals surface area (Å²) in [5.41, 5.74) is 3.07. The van der Waals surface area contributed by atoms with Crippen LogP contribution < -0.4 is 0 Å². The lowest BCUT2D eigenvalue weighted by Gasteiger charge is -2.01. The lowest BCUT2D eigenvalue weighted by atomic mass is 10.2. The van der Waals surface area contributed by atoms with Crippen LogP contribution in [0.25, 0.3) is 22.4 Å². The zero-order valence-electron chi connectivity index (χ0n) is 15.1. The van der Waals surface area contributed by atoms with Gasteiger partial charge in [0, 0.05) is 10.6 Å². The average Bonchev–Trinajstić information content (AvgIpc) is 3.36. The van der Waals surface area contributed by atoms with E-state index in [0.717, 1.165) is 16.6 Å². The zero-order valence-corrected chi connectivity index (χ0v) is 15.8. The topological polar surface area (TPSA) is 82.5 Å². The largest absolute Gasteiger partial charge is 0.387 e. The molecule has 8 nitrogen and oxygen atoms in total. The molecule has 0 radical (unpaired) electrons. The molecule has 0 aliphatic carbocycles. The number of para-hydroxylation sites is 1. The predicted molar refractivity (Wildman–Crippen MR) is 109 cm³/mol. The van der Waals surface area contributed by atoms with Crippen LogP contribution in [0.5, 0.6) is 0 Å². The van der Waals surface area contributed by atoms with Gasteiger partial charge in [0.15, 0.2) is 23.7 Å². The van der Waals surface area contributed by atoms with Crippen LogP contribution in [0.3, 0.4) is 0 Å². The van der Waals surface area contributed by atoms with Crippen molar-refractivity contribution in [3.63, 3.8) is 0 Å². The molecule has 3 heterocycles. The molecule has 0 aliphatic heterocycles. The van der Waals surface area contributed by atoms with E-state index in [2.05, 4.69) is 25.3 Å². The Morgan fingerprint density at radius 2 is 1.86 bits per heavy atom. The van der Waals surface area contributed by atoms with E-state index >= 15 is 0 Å². The van der Waals surface area contributed by atoms with Crippen molar-refractivity contribution in [3.05, 3.63) is 83.5 Å². The normalized spacial score (nSPS) is 11.6. The van der Waals surface area contributed by atoms with Crippen molar-refractivity contribution in [1.29, 1.82) is 0 Å². The second-order valence-corrected chi connectivity index (χ2v) is 6.61. The van der Waals surface area contributed by atoms with Gasteiger partial charge >= 0.3 is 0 Å². The first-order valence-corrected chi connectivity index (χ1v) is 9.21. The van der Waals surface area contributed by atoms with Crippen LogP contribution in [0.2, 0.25) is 5.02 Å². The monoisotopic (exact) mass is 403 g/mol. The van der Waals surface area contributed by atoms with Crippen molar-refractivity contribution >= 4 is 34.5 Å². The molecule has 0 N–H and O–H groups in total. The average molecular weight is 404 g/mol. The summed E-state index contributed by atoms with van der Waals surface area (Å²) in [7, 11) is 0. The van der Waals surface area contributed by atoms with E-state index < -0.39 is 0 Å². The summed E-state index contributed by atoms with van der Waals surface area (Å²) in [5.74, 6) is 0.489. The Hall–Kier alpha value is -3.78. The van der Waals surface area contributed by atoms with Gasteiger partial charge in [0.25, 0.3) is 0 Å². The fourth-order valence-corrected chi connectivity index (χ4v) is 3.14. The van der Waals surface area contributed by atoms with Crippen molar-refractivity contribution in [2.45, 2.75) is 6.61 Å². The molecule has 0 spiro atoms. The van der Waals surface area contributed by atoms with E-state index in [4.69, 9.17) is 16.4 Å². The second-order valence-electron chi connectivity index (χ2n) is 6.20. The SMILES string of the molecule is Clc1ccccc1/C=N/OCc1nc2c3cnn(-c4ccccc4)c3ncn2n1. The highest BCUT2D eigenvalue weighted by atomic mass is 35.5. The molecule has 0 fully saturated rings. The molecule has 0 aliphatic rings. The molecule has 5 rings (SSSR count). The first-order chi connectivity index (χ1) is 14.3. The fraction of sp³-hybridized carbons (Fsp3) is 0.0500. The lowest BCUT2D eigenvalue weighted by Crippen LogP contribution is -1.98. The standard InChI is InChI=1S/C20H14ClN7O/c21-17-9-5-4-6-14(17)10-24-29-12-18-25-20-16-11-23-28(15-7-2-1-3-8-15)19(16)22-13-27(20)26-18/h1-11,13H,12H2/b24-10+. The molecular formula is C20H14ClN7O. The third-order valence-corrected chi connectivity index (χ3v) is 4.66. The van der Waals surface area contributed by atoms with Crippen LogP contribution in [0.15, 0.2) is 72.3 Å². The van der Waals surface area contributed by atoms with Crippen LogP contribution in [0.1, 0.15) is 11.4 Å². The minimum absolute atomic E-state index is 0.122. The van der Waals surface area contributed by atoms with Crippen LogP contribution in [-0.2, 0) is 11.4 Å². The highest BCUT2D eigenvalue weighted by molar-refractivity contribution is 6.33. The number of fused-ring (bicyclic) bond motifs is 3. The Kier molecular flexibility index (Phi) is 4.38. The molecular weight excluding hydrogens is 390 g/mol. The van der Waals surface area contributed by atoms with Crippen molar-refractivity contribution in [3.8, 4) is 5.69 Å². The van der Waals surface area contributed by atoms with E-state index in [0.29, 0.717) is 22.1 Å². The molecule has 3 aromatic heterocycles. The summed E-state index contributed by atoms with van der Waals surface area (Å²) in [4.78, 5) is 14.4. The van der Waals surface area contributed by atoms with Crippen LogP contribution in [-0.4, -0.2) is 35.6 Å². The molecule has 29 heavy (non-hydrogen) atoms. The number of hydrogen-bond donors (Lipinski definition) is 0. The van der Waals surface area contributed by atoms with Gasteiger partial charge in [0.2, 0.25) is 0 Å². The summed E-state index contributed by atoms with van der Waals surface area (Å²) < 4.78 is 3.38. The summed E-state index contributed by atoms with van der Waals surface area (Å²) in [6, 6.07) is 17.2. The molecule has 0 unspecified atom stereocenters. The minimum atomic E-state index is 0.122. The second kappa shape index (κ2) is 7.33. The lowest BCUT2D eigenvalue weighted by molar-refractivity contribution is 0.126. The molecule has 0 amide bonds. The summed E-state index contributed by atoms with van der Waals surface area (Å²) in [5, 5.41) is 14.2. The number of hydrogen-bond acceptors (Lipinski definition) is 6. The molecule has 2 aromatic carbocycles. The molecule has 0 saturated carbocycles. The maximum atomic E-state index is 6.09. The van der Waals surface area contributed by atoms with Gasteiger partial charge in [-0.05, 0) is 18.2 Å². The molecule has 0 bridgehead atoms. The van der Waals surface area contributed by atoms with Crippen LogP contribution in [0, 0.1) is 0 Å². The first kappa shape index (κ1) is 17.3. The maximum absolute atomic E-state index is 6.09. The highest BCUT2D eigenvalue weighted by Gasteiger charge is 2.13. The van der Waals surface area contributed by atoms with Gasteiger partial charge in [-0.2, -0.15) is 5.10 Å².